The van der Waals surface area contributed by atoms with Crippen molar-refractivity contribution in [2.24, 2.45) is 5.41 Å². The highest BCUT2D eigenvalue weighted by Gasteiger charge is 2.21. The third-order valence-electron chi connectivity index (χ3n) is 2.38. The smallest absolute Gasteiger partial charge is 0.130 e. The molecule has 1 rings (SSSR count). The van der Waals surface area contributed by atoms with Gasteiger partial charge in [-0.1, -0.05) is 19.9 Å². The van der Waals surface area contributed by atoms with Gasteiger partial charge in [-0.25, -0.2) is 4.39 Å². The summed E-state index contributed by atoms with van der Waals surface area (Å²) >= 11 is 0. The Hall–Kier alpha value is -1.09. The van der Waals surface area contributed by atoms with Crippen LogP contribution in [0.1, 0.15) is 19.4 Å². The number of methoxy groups -OCH3 is 1. The summed E-state index contributed by atoms with van der Waals surface area (Å²) in [5.41, 5.74) is 0.189. The molecule has 0 atom stereocenters. The molecular formula is C12H17FO2. The van der Waals surface area contributed by atoms with Crippen LogP contribution in [-0.4, -0.2) is 18.8 Å². The first-order valence-electron chi connectivity index (χ1n) is 4.92. The number of hydrogen-bond donors (Lipinski definition) is 1. The van der Waals surface area contributed by atoms with Crippen LogP contribution < -0.4 is 4.74 Å². The van der Waals surface area contributed by atoms with E-state index in [1.807, 2.05) is 13.8 Å². The summed E-state index contributed by atoms with van der Waals surface area (Å²) in [6.07, 6.45) is 0.458. The average Bonchev–Trinajstić information content (AvgIpc) is 2.21. The summed E-state index contributed by atoms with van der Waals surface area (Å²) in [5.74, 6) is 0.257. The summed E-state index contributed by atoms with van der Waals surface area (Å²) in [6.45, 7) is 3.79. The van der Waals surface area contributed by atoms with Crippen LogP contribution in [-0.2, 0) is 6.42 Å². The Kier molecular flexibility index (Phi) is 3.69. The monoisotopic (exact) mass is 212 g/mol. The maximum atomic E-state index is 13.5. The van der Waals surface area contributed by atoms with Gasteiger partial charge in [0.1, 0.15) is 11.6 Å². The van der Waals surface area contributed by atoms with E-state index in [4.69, 9.17) is 9.84 Å². The minimum atomic E-state index is -0.338. The highest BCUT2D eigenvalue weighted by molar-refractivity contribution is 5.35. The summed E-state index contributed by atoms with van der Waals surface area (Å²) in [7, 11) is 1.52. The SMILES string of the molecule is COc1cccc(F)c1CC(C)(C)CO. The van der Waals surface area contributed by atoms with Crippen LogP contribution in [0.3, 0.4) is 0 Å². The summed E-state index contributed by atoms with van der Waals surface area (Å²) in [6, 6.07) is 4.75. The van der Waals surface area contributed by atoms with Gasteiger partial charge in [-0.2, -0.15) is 0 Å². The number of halogens is 1. The Labute approximate surface area is 89.7 Å². The Morgan fingerprint density at radius 3 is 2.60 bits per heavy atom. The lowest BCUT2D eigenvalue weighted by atomic mass is 9.86. The van der Waals surface area contributed by atoms with Crippen LogP contribution in [0.25, 0.3) is 0 Å². The lowest BCUT2D eigenvalue weighted by Crippen LogP contribution is -2.20. The second-order valence-corrected chi connectivity index (χ2v) is 4.42. The van der Waals surface area contributed by atoms with Crippen molar-refractivity contribution in [1.82, 2.24) is 0 Å². The maximum Gasteiger partial charge on any atom is 0.130 e. The molecule has 0 saturated carbocycles. The molecule has 0 radical (unpaired) electrons. The quantitative estimate of drug-likeness (QED) is 0.830. The van der Waals surface area contributed by atoms with Gasteiger partial charge in [-0.3, -0.25) is 0 Å². The van der Waals surface area contributed by atoms with Crippen molar-refractivity contribution in [3.05, 3.63) is 29.6 Å². The molecule has 1 aromatic rings. The number of benzene rings is 1. The lowest BCUT2D eigenvalue weighted by molar-refractivity contribution is 0.157. The van der Waals surface area contributed by atoms with E-state index in [0.717, 1.165) is 0 Å². The van der Waals surface area contributed by atoms with Crippen LogP contribution in [0.2, 0.25) is 0 Å². The van der Waals surface area contributed by atoms with E-state index in [2.05, 4.69) is 0 Å². The van der Waals surface area contributed by atoms with Crippen LogP contribution in [0.15, 0.2) is 18.2 Å². The summed E-state index contributed by atoms with van der Waals surface area (Å²) in [5, 5.41) is 9.15. The third-order valence-corrected chi connectivity index (χ3v) is 2.38. The summed E-state index contributed by atoms with van der Waals surface area (Å²) in [4.78, 5) is 0. The Balaban J connectivity index is 3.02. The van der Waals surface area contributed by atoms with Crippen LogP contribution in [0.5, 0.6) is 5.75 Å². The first-order valence-corrected chi connectivity index (χ1v) is 4.92. The molecule has 0 aliphatic rings. The number of hydrogen-bond acceptors (Lipinski definition) is 2. The van der Waals surface area contributed by atoms with Crippen molar-refractivity contribution in [2.45, 2.75) is 20.3 Å². The molecule has 0 saturated heterocycles. The van der Waals surface area contributed by atoms with E-state index < -0.39 is 0 Å². The fraction of sp³-hybridized carbons (Fsp3) is 0.500. The normalized spacial score (nSPS) is 11.5. The van der Waals surface area contributed by atoms with E-state index in [-0.39, 0.29) is 17.8 Å². The number of ether oxygens (including phenoxy) is 1. The first kappa shape index (κ1) is 12.0. The third kappa shape index (κ3) is 2.93. The minimum Gasteiger partial charge on any atom is -0.496 e. The van der Waals surface area contributed by atoms with Crippen LogP contribution in [0.4, 0.5) is 4.39 Å². The standard InChI is InChI=1S/C12H17FO2/c1-12(2,8-14)7-9-10(13)5-4-6-11(9)15-3/h4-6,14H,7-8H2,1-3H3. The molecule has 1 aromatic carbocycles. The lowest BCUT2D eigenvalue weighted by Gasteiger charge is -2.23. The van der Waals surface area contributed by atoms with E-state index in [9.17, 15) is 4.39 Å². The predicted octanol–water partition coefficient (Wildman–Crippen LogP) is 2.40. The second kappa shape index (κ2) is 4.62. The van der Waals surface area contributed by atoms with Crippen LogP contribution >= 0.6 is 0 Å². The van der Waals surface area contributed by atoms with Crippen molar-refractivity contribution in [1.29, 1.82) is 0 Å². The maximum absolute atomic E-state index is 13.5. The van der Waals surface area contributed by atoms with Gasteiger partial charge in [0.15, 0.2) is 0 Å². The largest absolute Gasteiger partial charge is 0.496 e. The van der Waals surface area contributed by atoms with E-state index in [1.54, 1.807) is 12.1 Å². The number of rotatable bonds is 4. The molecule has 2 nitrogen and oxygen atoms in total. The van der Waals surface area contributed by atoms with Crippen molar-refractivity contribution in [2.75, 3.05) is 13.7 Å². The molecule has 0 heterocycles. The highest BCUT2D eigenvalue weighted by atomic mass is 19.1. The van der Waals surface area contributed by atoms with Gasteiger partial charge in [0, 0.05) is 12.2 Å². The van der Waals surface area contributed by atoms with Crippen molar-refractivity contribution in [3.63, 3.8) is 0 Å². The van der Waals surface area contributed by atoms with Gasteiger partial charge >= 0.3 is 0 Å². The Morgan fingerprint density at radius 1 is 1.40 bits per heavy atom. The predicted molar refractivity (Wildman–Crippen MR) is 57.5 cm³/mol. The molecule has 0 bridgehead atoms. The fourth-order valence-corrected chi connectivity index (χ4v) is 1.44. The second-order valence-electron chi connectivity index (χ2n) is 4.42. The zero-order valence-corrected chi connectivity index (χ0v) is 9.38. The fourth-order valence-electron chi connectivity index (χ4n) is 1.44. The van der Waals surface area contributed by atoms with Gasteiger partial charge in [-0.05, 0) is 24.0 Å². The molecule has 0 fully saturated rings. The molecule has 0 aliphatic carbocycles. The van der Waals surface area contributed by atoms with Gasteiger partial charge in [0.25, 0.3) is 0 Å². The molecule has 0 aliphatic heterocycles. The topological polar surface area (TPSA) is 29.5 Å². The van der Waals surface area contributed by atoms with E-state index >= 15 is 0 Å². The first-order chi connectivity index (χ1) is 7.00. The molecule has 1 N–H and O–H groups in total. The van der Waals surface area contributed by atoms with Crippen LogP contribution in [0, 0.1) is 11.2 Å². The highest BCUT2D eigenvalue weighted by Crippen LogP contribution is 2.29. The summed E-state index contributed by atoms with van der Waals surface area (Å²) < 4.78 is 18.6. The van der Waals surface area contributed by atoms with Crippen molar-refractivity contribution >= 4 is 0 Å². The zero-order chi connectivity index (χ0) is 11.5. The molecule has 0 amide bonds. The van der Waals surface area contributed by atoms with Gasteiger partial charge < -0.3 is 9.84 Å². The Morgan fingerprint density at radius 2 is 2.07 bits per heavy atom. The average molecular weight is 212 g/mol. The minimum absolute atomic E-state index is 0.0183. The van der Waals surface area contributed by atoms with Crippen molar-refractivity contribution < 1.29 is 14.2 Å². The van der Waals surface area contributed by atoms with E-state index in [1.165, 1.54) is 13.2 Å². The van der Waals surface area contributed by atoms with Crippen molar-refractivity contribution in [3.8, 4) is 5.75 Å². The molecule has 15 heavy (non-hydrogen) atoms. The number of aliphatic hydroxyl groups excluding tert-OH is 1. The molecule has 0 aromatic heterocycles. The van der Waals surface area contributed by atoms with E-state index in [0.29, 0.717) is 17.7 Å². The molecule has 0 spiro atoms. The molecule has 3 heteroatoms. The number of aliphatic hydroxyl groups is 1. The van der Waals surface area contributed by atoms with Gasteiger partial charge in [-0.15, -0.1) is 0 Å². The molecule has 0 unspecified atom stereocenters. The van der Waals surface area contributed by atoms with Gasteiger partial charge in [0.2, 0.25) is 0 Å². The zero-order valence-electron chi connectivity index (χ0n) is 9.38. The van der Waals surface area contributed by atoms with Gasteiger partial charge in [0.05, 0.1) is 7.11 Å². The molecule has 84 valence electrons. The Bertz CT molecular complexity index is 334. The molecular weight excluding hydrogens is 195 g/mol.